The van der Waals surface area contributed by atoms with Gasteiger partial charge in [-0.15, -0.1) is 43.1 Å². The average Bonchev–Trinajstić information content (AvgIpc) is 3.75. The number of ether oxygens (including phenoxy) is 4. The fourth-order valence-corrected chi connectivity index (χ4v) is 9.41. The van der Waals surface area contributed by atoms with Gasteiger partial charge in [-0.25, -0.2) is 0 Å². The number of halogens is 1. The lowest BCUT2D eigenvalue weighted by Gasteiger charge is -2.21. The summed E-state index contributed by atoms with van der Waals surface area (Å²) in [5, 5.41) is 19.2. The van der Waals surface area contributed by atoms with Gasteiger partial charge in [0.25, 0.3) is 0 Å². The predicted octanol–water partition coefficient (Wildman–Crippen LogP) is 8.85. The molecule has 15 heteroatoms. The summed E-state index contributed by atoms with van der Waals surface area (Å²) in [6, 6.07) is 10.4. The normalized spacial score (nSPS) is 16.5. The van der Waals surface area contributed by atoms with Gasteiger partial charge >= 0.3 is 11.9 Å². The average molecular weight is 840 g/mol. The van der Waals surface area contributed by atoms with Crippen molar-refractivity contribution in [2.75, 3.05) is 0 Å². The van der Waals surface area contributed by atoms with Gasteiger partial charge in [0, 0.05) is 25.4 Å². The molecule has 0 radical (unpaired) electrons. The molecule has 54 heavy (non-hydrogen) atoms. The summed E-state index contributed by atoms with van der Waals surface area (Å²) in [6.07, 6.45) is 0.0892. The summed E-state index contributed by atoms with van der Waals surface area (Å²) in [5.74, 6) is 2.26. The smallest absolute Gasteiger partial charge is 0.309 e. The van der Waals surface area contributed by atoms with E-state index in [1.807, 2.05) is 70.6 Å². The van der Waals surface area contributed by atoms with Crippen LogP contribution in [-0.4, -0.2) is 52.7 Å². The molecule has 1 aromatic carbocycles. The van der Waals surface area contributed by atoms with Crippen LogP contribution in [0.15, 0.2) is 34.8 Å². The van der Waals surface area contributed by atoms with Gasteiger partial charge in [0.15, 0.2) is 11.6 Å². The molecule has 0 bridgehead atoms. The van der Waals surface area contributed by atoms with E-state index in [-0.39, 0.29) is 24.8 Å². The first-order valence-corrected chi connectivity index (χ1v) is 20.3. The zero-order valence-electron chi connectivity index (χ0n) is 32.4. The molecule has 7 rings (SSSR count). The Hall–Kier alpha value is -3.76. The van der Waals surface area contributed by atoms with Gasteiger partial charge in [0.1, 0.15) is 45.1 Å². The Morgan fingerprint density at radius 2 is 1.20 bits per heavy atom. The molecule has 4 aromatic heterocycles. The zero-order valence-corrected chi connectivity index (χ0v) is 35.6. The van der Waals surface area contributed by atoms with Crippen molar-refractivity contribution in [1.82, 2.24) is 29.5 Å². The van der Waals surface area contributed by atoms with Crippen molar-refractivity contribution < 1.29 is 28.5 Å². The molecule has 0 fully saturated rings. The number of carbonyl (C=O) groups is 2. The number of nitrogens with zero attached hydrogens (tertiary/aromatic N) is 6. The number of aromatic nitrogens is 6. The molecule has 288 valence electrons. The van der Waals surface area contributed by atoms with Gasteiger partial charge in [-0.2, -0.15) is 0 Å². The van der Waals surface area contributed by atoms with E-state index < -0.39 is 23.4 Å². The van der Waals surface area contributed by atoms with Crippen LogP contribution in [0, 0.1) is 27.7 Å². The minimum absolute atomic E-state index is 0.108. The number of carbonyl (C=O) groups excluding carboxylic acids is 2. The molecule has 6 heterocycles. The first-order chi connectivity index (χ1) is 25.4. The van der Waals surface area contributed by atoms with E-state index in [9.17, 15) is 9.59 Å². The van der Waals surface area contributed by atoms with Crippen LogP contribution in [0.3, 0.4) is 0 Å². The standard InChI is InChI=1S/C23H27N3O3S.C16H20BrN3O3S/c1-14-17(11-16-9-7-6-8-10-16)18-13-28-19(12-20(27)29-23(3,4)5)21-25-24-15(2)26(21)22(18)30-14;1-8-13(17)10-7-22-11(6-12(21)23-16(3,4)5)14-19-18-9(2)20(14)15(10)24-8/h6-10,19H,11-13H2,1-5H3;11H,6-7H2,1-5H3. The molecule has 0 aliphatic carbocycles. The molecule has 2 aliphatic heterocycles. The van der Waals surface area contributed by atoms with Gasteiger partial charge in [-0.3, -0.25) is 18.7 Å². The highest BCUT2D eigenvalue weighted by atomic mass is 79.9. The van der Waals surface area contributed by atoms with E-state index in [1.165, 1.54) is 20.9 Å². The third kappa shape index (κ3) is 8.86. The van der Waals surface area contributed by atoms with E-state index in [4.69, 9.17) is 18.9 Å². The summed E-state index contributed by atoms with van der Waals surface area (Å²) >= 11 is 7.02. The van der Waals surface area contributed by atoms with Gasteiger partial charge < -0.3 is 18.9 Å². The Bertz CT molecular complexity index is 2160. The third-order valence-corrected chi connectivity index (χ3v) is 12.3. The molecule has 2 unspecified atom stereocenters. The largest absolute Gasteiger partial charge is 0.460 e. The van der Waals surface area contributed by atoms with Gasteiger partial charge in [-0.1, -0.05) is 30.3 Å². The zero-order chi connectivity index (χ0) is 39.1. The van der Waals surface area contributed by atoms with Crippen molar-refractivity contribution in [2.45, 2.75) is 125 Å². The van der Waals surface area contributed by atoms with Crippen LogP contribution in [0.2, 0.25) is 0 Å². The number of fused-ring (bicyclic) bond motifs is 6. The maximum Gasteiger partial charge on any atom is 0.309 e. The van der Waals surface area contributed by atoms with Crippen molar-refractivity contribution in [3.8, 4) is 10.0 Å². The van der Waals surface area contributed by atoms with Crippen LogP contribution in [0.5, 0.6) is 0 Å². The van der Waals surface area contributed by atoms with Crippen LogP contribution in [0.4, 0.5) is 0 Å². The number of benzene rings is 1. The summed E-state index contributed by atoms with van der Waals surface area (Å²) in [6.45, 7) is 20.0. The Morgan fingerprint density at radius 1 is 0.741 bits per heavy atom. The van der Waals surface area contributed by atoms with E-state index in [2.05, 4.69) is 74.4 Å². The van der Waals surface area contributed by atoms with E-state index >= 15 is 0 Å². The number of aryl methyl sites for hydroxylation is 4. The van der Waals surface area contributed by atoms with Crippen molar-refractivity contribution in [3.05, 3.63) is 90.1 Å². The summed E-state index contributed by atoms with van der Waals surface area (Å²) in [4.78, 5) is 27.1. The lowest BCUT2D eigenvalue weighted by molar-refractivity contribution is -0.159. The van der Waals surface area contributed by atoms with E-state index in [1.54, 1.807) is 22.7 Å². The SMILES string of the molecule is Cc1sc2c(c1Br)COC(CC(=O)OC(C)(C)C)c1nnc(C)n1-2.Cc1sc2c(c1Cc1ccccc1)COC(CC(=O)OC(C)(C)C)c1nnc(C)n1-2. The minimum atomic E-state index is -0.538. The van der Waals surface area contributed by atoms with Crippen LogP contribution in [0.1, 0.15) is 122 Å². The van der Waals surface area contributed by atoms with E-state index in [0.29, 0.717) is 24.9 Å². The van der Waals surface area contributed by atoms with Crippen molar-refractivity contribution >= 4 is 50.5 Å². The molecule has 2 aliphatic rings. The van der Waals surface area contributed by atoms with Crippen molar-refractivity contribution in [3.63, 3.8) is 0 Å². The molecule has 12 nitrogen and oxygen atoms in total. The second-order valence-corrected chi connectivity index (χ2v) is 18.6. The highest BCUT2D eigenvalue weighted by Crippen LogP contribution is 2.42. The number of rotatable bonds is 6. The van der Waals surface area contributed by atoms with Crippen LogP contribution >= 0.6 is 38.6 Å². The summed E-state index contributed by atoms with van der Waals surface area (Å²) < 4.78 is 28.2. The fraction of sp³-hybridized carbons (Fsp3) is 0.487. The predicted molar refractivity (Wildman–Crippen MR) is 210 cm³/mol. The maximum atomic E-state index is 12.5. The monoisotopic (exact) mass is 838 g/mol. The Labute approximate surface area is 332 Å². The Balaban J connectivity index is 0.000000189. The van der Waals surface area contributed by atoms with Crippen LogP contribution in [-0.2, 0) is 48.2 Å². The molecule has 5 aromatic rings. The maximum absolute atomic E-state index is 12.5. The number of hydrogen-bond donors (Lipinski definition) is 0. The van der Waals surface area contributed by atoms with Crippen LogP contribution in [0.25, 0.3) is 10.0 Å². The summed E-state index contributed by atoms with van der Waals surface area (Å²) in [5.41, 5.74) is 3.69. The lowest BCUT2D eigenvalue weighted by Crippen LogP contribution is -2.25. The van der Waals surface area contributed by atoms with Crippen molar-refractivity contribution in [1.29, 1.82) is 0 Å². The minimum Gasteiger partial charge on any atom is -0.460 e. The first-order valence-electron chi connectivity index (χ1n) is 17.8. The third-order valence-electron chi connectivity index (χ3n) is 8.69. The molecule has 0 saturated heterocycles. The highest BCUT2D eigenvalue weighted by molar-refractivity contribution is 9.10. The molecule has 0 saturated carbocycles. The quantitative estimate of drug-likeness (QED) is 0.153. The number of hydrogen-bond acceptors (Lipinski definition) is 12. The molecular weight excluding hydrogens is 793 g/mol. The second kappa shape index (κ2) is 15.8. The Morgan fingerprint density at radius 3 is 1.70 bits per heavy atom. The molecule has 0 spiro atoms. The molecular formula is C39H47BrN6O6S2. The summed E-state index contributed by atoms with van der Waals surface area (Å²) in [7, 11) is 0. The first kappa shape index (κ1) is 39.9. The van der Waals surface area contributed by atoms with Crippen LogP contribution < -0.4 is 0 Å². The molecule has 0 N–H and O–H groups in total. The highest BCUT2D eigenvalue weighted by Gasteiger charge is 2.34. The molecule has 2 atom stereocenters. The number of esters is 2. The molecule has 0 amide bonds. The second-order valence-electron chi connectivity index (χ2n) is 15.4. The van der Waals surface area contributed by atoms with Gasteiger partial charge in [-0.05, 0) is 103 Å². The lowest BCUT2D eigenvalue weighted by atomic mass is 10.0. The van der Waals surface area contributed by atoms with Crippen molar-refractivity contribution in [2.24, 2.45) is 0 Å². The Kier molecular flexibility index (Phi) is 11.7. The fourth-order valence-electron chi connectivity index (χ4n) is 6.40. The van der Waals surface area contributed by atoms with Gasteiger partial charge in [0.2, 0.25) is 0 Å². The van der Waals surface area contributed by atoms with E-state index in [0.717, 1.165) is 43.7 Å². The topological polar surface area (TPSA) is 132 Å². The van der Waals surface area contributed by atoms with Gasteiger partial charge in [0.05, 0.1) is 26.1 Å². The number of thiophene rings is 2.